The molecular formula is C14H12O2. The van der Waals surface area contributed by atoms with E-state index in [4.69, 9.17) is 4.74 Å². The molecule has 3 rings (SSSR count). The zero-order valence-corrected chi connectivity index (χ0v) is 8.71. The zero-order chi connectivity index (χ0) is 11.0. The third-order valence-corrected chi connectivity index (χ3v) is 2.91. The number of aliphatic hydroxyl groups is 1. The Labute approximate surface area is 94.1 Å². The van der Waals surface area contributed by atoms with Crippen molar-refractivity contribution in [2.45, 2.75) is 12.2 Å². The summed E-state index contributed by atoms with van der Waals surface area (Å²) >= 11 is 0. The second-order valence-corrected chi connectivity index (χ2v) is 3.93. The summed E-state index contributed by atoms with van der Waals surface area (Å²) in [4.78, 5) is 0. The van der Waals surface area contributed by atoms with Crippen LogP contribution in [0.1, 0.15) is 23.3 Å². The number of fused-ring (bicyclic) bond motifs is 1. The highest BCUT2D eigenvalue weighted by Crippen LogP contribution is 2.43. The molecule has 0 spiro atoms. The van der Waals surface area contributed by atoms with Crippen LogP contribution < -0.4 is 4.74 Å². The van der Waals surface area contributed by atoms with Crippen LogP contribution in [-0.4, -0.2) is 5.11 Å². The minimum atomic E-state index is -0.571. The van der Waals surface area contributed by atoms with Gasteiger partial charge in [-0.05, 0) is 11.6 Å². The Hall–Kier alpha value is -1.80. The Morgan fingerprint density at radius 2 is 1.56 bits per heavy atom. The number of rotatable bonds is 1. The van der Waals surface area contributed by atoms with Crippen LogP contribution in [-0.2, 0) is 0 Å². The van der Waals surface area contributed by atoms with E-state index >= 15 is 0 Å². The average molecular weight is 212 g/mol. The molecule has 1 aliphatic heterocycles. The topological polar surface area (TPSA) is 29.5 Å². The highest BCUT2D eigenvalue weighted by Gasteiger charge is 2.33. The number of benzene rings is 2. The van der Waals surface area contributed by atoms with Crippen molar-refractivity contribution in [1.82, 2.24) is 0 Å². The van der Waals surface area contributed by atoms with Crippen LogP contribution in [0.3, 0.4) is 0 Å². The van der Waals surface area contributed by atoms with E-state index in [1.54, 1.807) is 0 Å². The normalized spacial score (nSPS) is 22.6. The SMILES string of the molecule is O[C@@H]1c2ccccc2O[C@@H]1c1ccccc1. The molecule has 1 N–H and O–H groups in total. The quantitative estimate of drug-likeness (QED) is 0.787. The van der Waals surface area contributed by atoms with Crippen molar-refractivity contribution in [1.29, 1.82) is 0 Å². The number of para-hydroxylation sites is 1. The molecule has 80 valence electrons. The molecule has 0 saturated heterocycles. The number of hydrogen-bond donors (Lipinski definition) is 1. The average Bonchev–Trinajstić information content (AvgIpc) is 2.69. The Bertz CT molecular complexity index is 493. The first-order valence-electron chi connectivity index (χ1n) is 5.35. The van der Waals surface area contributed by atoms with Crippen LogP contribution in [0.15, 0.2) is 54.6 Å². The molecule has 2 heteroatoms. The summed E-state index contributed by atoms with van der Waals surface area (Å²) in [5.74, 6) is 0.781. The maximum absolute atomic E-state index is 10.2. The first-order chi connectivity index (χ1) is 7.86. The van der Waals surface area contributed by atoms with E-state index in [0.29, 0.717) is 0 Å². The van der Waals surface area contributed by atoms with Crippen LogP contribution in [0.25, 0.3) is 0 Å². The molecule has 16 heavy (non-hydrogen) atoms. The van der Waals surface area contributed by atoms with Gasteiger partial charge < -0.3 is 9.84 Å². The summed E-state index contributed by atoms with van der Waals surface area (Å²) in [5.41, 5.74) is 1.88. The highest BCUT2D eigenvalue weighted by atomic mass is 16.5. The number of aliphatic hydroxyl groups excluding tert-OH is 1. The maximum Gasteiger partial charge on any atom is 0.154 e. The fraction of sp³-hybridized carbons (Fsp3) is 0.143. The van der Waals surface area contributed by atoms with Gasteiger partial charge >= 0.3 is 0 Å². The van der Waals surface area contributed by atoms with Crippen molar-refractivity contribution in [2.24, 2.45) is 0 Å². The van der Waals surface area contributed by atoms with E-state index in [9.17, 15) is 5.11 Å². The number of ether oxygens (including phenoxy) is 1. The maximum atomic E-state index is 10.2. The number of hydrogen-bond acceptors (Lipinski definition) is 2. The monoisotopic (exact) mass is 212 g/mol. The fourth-order valence-corrected chi connectivity index (χ4v) is 2.09. The molecule has 2 atom stereocenters. The first kappa shape index (κ1) is 9.43. The molecule has 0 radical (unpaired) electrons. The summed E-state index contributed by atoms with van der Waals surface area (Å²) in [5, 5.41) is 10.2. The Balaban J connectivity index is 1.99. The second kappa shape index (κ2) is 3.65. The van der Waals surface area contributed by atoms with Gasteiger partial charge in [-0.1, -0.05) is 48.5 Å². The minimum absolute atomic E-state index is 0.279. The fourth-order valence-electron chi connectivity index (χ4n) is 2.09. The Kier molecular flexibility index (Phi) is 2.15. The molecule has 2 aromatic carbocycles. The smallest absolute Gasteiger partial charge is 0.154 e. The summed E-state index contributed by atoms with van der Waals surface area (Å²) < 4.78 is 5.76. The highest BCUT2D eigenvalue weighted by molar-refractivity contribution is 5.41. The molecule has 1 heterocycles. The van der Waals surface area contributed by atoms with E-state index in [0.717, 1.165) is 16.9 Å². The molecule has 2 nitrogen and oxygen atoms in total. The van der Waals surface area contributed by atoms with Gasteiger partial charge in [0, 0.05) is 5.56 Å². The predicted molar refractivity (Wildman–Crippen MR) is 61.2 cm³/mol. The van der Waals surface area contributed by atoms with Crippen molar-refractivity contribution < 1.29 is 9.84 Å². The van der Waals surface area contributed by atoms with Crippen molar-refractivity contribution >= 4 is 0 Å². The van der Waals surface area contributed by atoms with Gasteiger partial charge in [-0.15, -0.1) is 0 Å². The van der Waals surface area contributed by atoms with E-state index in [-0.39, 0.29) is 6.10 Å². The molecule has 0 fully saturated rings. The molecular weight excluding hydrogens is 200 g/mol. The lowest BCUT2D eigenvalue weighted by atomic mass is 10.0. The first-order valence-corrected chi connectivity index (χ1v) is 5.35. The van der Waals surface area contributed by atoms with E-state index < -0.39 is 6.10 Å². The molecule has 0 bridgehead atoms. The van der Waals surface area contributed by atoms with E-state index in [1.807, 2.05) is 54.6 Å². The van der Waals surface area contributed by atoms with Gasteiger partial charge in [0.1, 0.15) is 11.9 Å². The summed E-state index contributed by atoms with van der Waals surface area (Å²) in [7, 11) is 0. The molecule has 2 aromatic rings. The van der Waals surface area contributed by atoms with Gasteiger partial charge in [-0.3, -0.25) is 0 Å². The Morgan fingerprint density at radius 3 is 2.31 bits per heavy atom. The van der Waals surface area contributed by atoms with Gasteiger partial charge in [0.15, 0.2) is 6.10 Å². The molecule has 0 aromatic heterocycles. The molecule has 1 aliphatic rings. The van der Waals surface area contributed by atoms with Gasteiger partial charge in [0.05, 0.1) is 0 Å². The summed E-state index contributed by atoms with van der Waals surface area (Å²) in [6, 6.07) is 17.4. The lowest BCUT2D eigenvalue weighted by Gasteiger charge is -2.14. The van der Waals surface area contributed by atoms with Gasteiger partial charge in [0.2, 0.25) is 0 Å². The molecule has 0 saturated carbocycles. The van der Waals surface area contributed by atoms with Gasteiger partial charge in [0.25, 0.3) is 0 Å². The summed E-state index contributed by atoms with van der Waals surface area (Å²) in [6.45, 7) is 0. The van der Waals surface area contributed by atoms with Crippen LogP contribution in [0.4, 0.5) is 0 Å². The minimum Gasteiger partial charge on any atom is -0.482 e. The van der Waals surface area contributed by atoms with Crippen LogP contribution in [0.5, 0.6) is 5.75 Å². The lowest BCUT2D eigenvalue weighted by Crippen LogP contribution is -2.08. The molecule has 0 unspecified atom stereocenters. The van der Waals surface area contributed by atoms with Crippen LogP contribution in [0.2, 0.25) is 0 Å². The third kappa shape index (κ3) is 1.39. The zero-order valence-electron chi connectivity index (χ0n) is 8.71. The van der Waals surface area contributed by atoms with Crippen molar-refractivity contribution in [3.63, 3.8) is 0 Å². The lowest BCUT2D eigenvalue weighted by molar-refractivity contribution is 0.0674. The van der Waals surface area contributed by atoms with E-state index in [1.165, 1.54) is 0 Å². The second-order valence-electron chi connectivity index (χ2n) is 3.93. The van der Waals surface area contributed by atoms with Gasteiger partial charge in [-0.25, -0.2) is 0 Å². The standard InChI is InChI=1S/C14H12O2/c15-13-11-8-4-5-9-12(11)16-14(13)10-6-2-1-3-7-10/h1-9,13-15H/t13-,14-/m1/s1. The van der Waals surface area contributed by atoms with Crippen LogP contribution >= 0.6 is 0 Å². The largest absolute Gasteiger partial charge is 0.482 e. The summed E-state index contributed by atoms with van der Waals surface area (Å²) in [6.07, 6.45) is -0.850. The van der Waals surface area contributed by atoms with Crippen molar-refractivity contribution in [3.05, 3.63) is 65.7 Å². The van der Waals surface area contributed by atoms with Gasteiger partial charge in [-0.2, -0.15) is 0 Å². The molecule has 0 aliphatic carbocycles. The van der Waals surface area contributed by atoms with Crippen molar-refractivity contribution in [3.8, 4) is 5.75 Å². The Morgan fingerprint density at radius 1 is 0.875 bits per heavy atom. The third-order valence-electron chi connectivity index (χ3n) is 2.91. The van der Waals surface area contributed by atoms with E-state index in [2.05, 4.69) is 0 Å². The van der Waals surface area contributed by atoms with Crippen molar-refractivity contribution in [2.75, 3.05) is 0 Å². The predicted octanol–water partition coefficient (Wildman–Crippen LogP) is 2.85. The molecule has 0 amide bonds. The van der Waals surface area contributed by atoms with Crippen LogP contribution in [0, 0.1) is 0 Å².